The zero-order chi connectivity index (χ0) is 12.7. The van der Waals surface area contributed by atoms with Crippen molar-refractivity contribution in [1.82, 2.24) is 4.90 Å². The van der Waals surface area contributed by atoms with Crippen LogP contribution in [0.4, 0.5) is 0 Å². The molecule has 3 rings (SSSR count). The van der Waals surface area contributed by atoms with E-state index in [0.717, 1.165) is 25.9 Å². The molecule has 1 heterocycles. The van der Waals surface area contributed by atoms with Crippen LogP contribution in [0, 0.1) is 23.7 Å². The molecule has 102 valence electrons. The number of likely N-dealkylation sites (tertiary alicyclic amines) is 1. The maximum atomic E-state index is 12.6. The Hall–Kier alpha value is -0.570. The molecular formula is C15H26N2O. The first-order valence-corrected chi connectivity index (χ1v) is 7.69. The summed E-state index contributed by atoms with van der Waals surface area (Å²) in [5.41, 5.74) is 6.30. The highest BCUT2D eigenvalue weighted by molar-refractivity contribution is 5.79. The first-order valence-electron chi connectivity index (χ1n) is 7.69. The molecule has 1 aliphatic heterocycles. The first kappa shape index (κ1) is 12.5. The maximum Gasteiger partial charge on any atom is 0.225 e. The van der Waals surface area contributed by atoms with Crippen molar-refractivity contribution in [2.75, 3.05) is 13.1 Å². The van der Waals surface area contributed by atoms with Crippen molar-refractivity contribution < 1.29 is 4.79 Å². The summed E-state index contributed by atoms with van der Waals surface area (Å²) in [7, 11) is 0. The summed E-state index contributed by atoms with van der Waals surface area (Å²) in [6, 6.07) is 0.375. The lowest BCUT2D eigenvalue weighted by Crippen LogP contribution is -2.49. The van der Waals surface area contributed by atoms with E-state index in [2.05, 4.69) is 11.8 Å². The molecule has 0 radical (unpaired) electrons. The third-order valence-corrected chi connectivity index (χ3v) is 5.50. The molecule has 3 aliphatic rings. The number of fused-ring (bicyclic) bond motifs is 2. The summed E-state index contributed by atoms with van der Waals surface area (Å²) in [5, 5.41) is 0. The Morgan fingerprint density at radius 1 is 1.17 bits per heavy atom. The van der Waals surface area contributed by atoms with Gasteiger partial charge in [-0.25, -0.2) is 0 Å². The van der Waals surface area contributed by atoms with E-state index in [0.29, 0.717) is 29.7 Å². The van der Waals surface area contributed by atoms with Crippen LogP contribution in [-0.4, -0.2) is 29.9 Å². The molecule has 18 heavy (non-hydrogen) atoms. The van der Waals surface area contributed by atoms with Crippen LogP contribution in [-0.2, 0) is 4.79 Å². The second-order valence-corrected chi connectivity index (χ2v) is 6.87. The van der Waals surface area contributed by atoms with Gasteiger partial charge in [0.2, 0.25) is 5.91 Å². The zero-order valence-electron chi connectivity index (χ0n) is 11.5. The maximum absolute atomic E-state index is 12.6. The Balaban J connectivity index is 1.65. The molecule has 0 spiro atoms. The fraction of sp³-hybridized carbons (Fsp3) is 0.933. The van der Waals surface area contributed by atoms with Crippen LogP contribution < -0.4 is 5.73 Å². The highest BCUT2D eigenvalue weighted by Crippen LogP contribution is 2.42. The van der Waals surface area contributed by atoms with Gasteiger partial charge < -0.3 is 10.6 Å². The van der Waals surface area contributed by atoms with E-state index in [-0.39, 0.29) is 5.92 Å². The van der Waals surface area contributed by atoms with Crippen molar-refractivity contribution in [2.45, 2.75) is 51.5 Å². The van der Waals surface area contributed by atoms with E-state index in [1.54, 1.807) is 0 Å². The standard InChI is InChI=1S/C15H26N2O/c1-10-5-6-17(9-10)15(18)13-7-11-3-2-4-12(8-13)14(11)16/h10-14H,2-9,16H2,1H3. The summed E-state index contributed by atoms with van der Waals surface area (Å²) in [5.74, 6) is 2.64. The predicted octanol–water partition coefficient (Wildman–Crippen LogP) is 2.01. The van der Waals surface area contributed by atoms with E-state index < -0.39 is 0 Å². The van der Waals surface area contributed by atoms with Crippen molar-refractivity contribution in [3.63, 3.8) is 0 Å². The van der Waals surface area contributed by atoms with Gasteiger partial charge in [0.1, 0.15) is 0 Å². The molecule has 0 aromatic carbocycles. The van der Waals surface area contributed by atoms with E-state index in [1.807, 2.05) is 0 Å². The molecule has 0 aromatic heterocycles. The van der Waals surface area contributed by atoms with E-state index in [4.69, 9.17) is 5.73 Å². The van der Waals surface area contributed by atoms with Crippen LogP contribution in [0.3, 0.4) is 0 Å². The monoisotopic (exact) mass is 250 g/mol. The van der Waals surface area contributed by atoms with Gasteiger partial charge in [0.05, 0.1) is 0 Å². The molecule has 3 fully saturated rings. The van der Waals surface area contributed by atoms with Crippen LogP contribution in [0.1, 0.15) is 45.4 Å². The van der Waals surface area contributed by atoms with Gasteiger partial charge >= 0.3 is 0 Å². The highest BCUT2D eigenvalue weighted by atomic mass is 16.2. The van der Waals surface area contributed by atoms with E-state index >= 15 is 0 Å². The van der Waals surface area contributed by atoms with Gasteiger partial charge in [-0.1, -0.05) is 13.3 Å². The highest BCUT2D eigenvalue weighted by Gasteiger charge is 2.42. The number of hydrogen-bond donors (Lipinski definition) is 1. The van der Waals surface area contributed by atoms with E-state index in [9.17, 15) is 4.79 Å². The Morgan fingerprint density at radius 3 is 2.39 bits per heavy atom. The molecule has 2 N–H and O–H groups in total. The second-order valence-electron chi connectivity index (χ2n) is 6.87. The minimum absolute atomic E-state index is 0.283. The zero-order valence-corrected chi connectivity index (χ0v) is 11.5. The largest absolute Gasteiger partial charge is 0.342 e. The molecule has 3 unspecified atom stereocenters. The smallest absolute Gasteiger partial charge is 0.225 e. The Morgan fingerprint density at radius 2 is 1.83 bits per heavy atom. The number of hydrogen-bond acceptors (Lipinski definition) is 2. The Kier molecular flexibility index (Phi) is 3.35. The van der Waals surface area contributed by atoms with Crippen molar-refractivity contribution >= 4 is 5.91 Å². The quantitative estimate of drug-likeness (QED) is 0.774. The number of carbonyl (C=O) groups excluding carboxylic acids is 1. The van der Waals surface area contributed by atoms with Gasteiger partial charge in [-0.15, -0.1) is 0 Å². The molecule has 3 nitrogen and oxygen atoms in total. The third-order valence-electron chi connectivity index (χ3n) is 5.50. The van der Waals surface area contributed by atoms with Crippen LogP contribution in [0.25, 0.3) is 0 Å². The van der Waals surface area contributed by atoms with Crippen LogP contribution in [0.15, 0.2) is 0 Å². The van der Waals surface area contributed by atoms with Gasteiger partial charge in [-0.3, -0.25) is 4.79 Å². The Bertz CT molecular complexity index is 316. The minimum atomic E-state index is 0.283. The van der Waals surface area contributed by atoms with Gasteiger partial charge in [0.25, 0.3) is 0 Å². The molecule has 2 bridgehead atoms. The summed E-state index contributed by atoms with van der Waals surface area (Å²) in [6.07, 6.45) is 7.12. The van der Waals surface area contributed by atoms with Gasteiger partial charge in [-0.2, -0.15) is 0 Å². The van der Waals surface area contributed by atoms with Crippen LogP contribution >= 0.6 is 0 Å². The molecule has 3 heteroatoms. The Labute approximate surface area is 110 Å². The molecule has 2 aliphatic carbocycles. The van der Waals surface area contributed by atoms with Crippen LogP contribution in [0.5, 0.6) is 0 Å². The normalized spacial score (nSPS) is 44.1. The molecule has 1 saturated heterocycles. The topological polar surface area (TPSA) is 46.3 Å². The van der Waals surface area contributed by atoms with Crippen molar-refractivity contribution in [3.05, 3.63) is 0 Å². The number of rotatable bonds is 1. The number of amides is 1. The number of nitrogens with zero attached hydrogens (tertiary/aromatic N) is 1. The first-order chi connectivity index (χ1) is 8.65. The third kappa shape index (κ3) is 2.18. The van der Waals surface area contributed by atoms with Crippen molar-refractivity contribution in [2.24, 2.45) is 29.4 Å². The molecule has 3 atom stereocenters. The summed E-state index contributed by atoms with van der Waals surface area (Å²) in [6.45, 7) is 4.22. The van der Waals surface area contributed by atoms with Gasteiger partial charge in [0.15, 0.2) is 0 Å². The lowest BCUT2D eigenvalue weighted by Gasteiger charge is -2.44. The molecule has 2 saturated carbocycles. The SMILES string of the molecule is CC1CCN(C(=O)C2CC3CCCC(C2)C3N)C1. The number of carbonyl (C=O) groups is 1. The molecule has 0 aromatic rings. The molecular weight excluding hydrogens is 224 g/mol. The predicted molar refractivity (Wildman–Crippen MR) is 71.9 cm³/mol. The van der Waals surface area contributed by atoms with Crippen LogP contribution in [0.2, 0.25) is 0 Å². The fourth-order valence-corrected chi connectivity index (χ4v) is 4.38. The van der Waals surface area contributed by atoms with Gasteiger partial charge in [-0.05, 0) is 49.9 Å². The summed E-state index contributed by atoms with van der Waals surface area (Å²) < 4.78 is 0. The minimum Gasteiger partial charge on any atom is -0.342 e. The fourth-order valence-electron chi connectivity index (χ4n) is 4.38. The second kappa shape index (κ2) is 4.84. The van der Waals surface area contributed by atoms with Crippen molar-refractivity contribution in [3.8, 4) is 0 Å². The van der Waals surface area contributed by atoms with Gasteiger partial charge in [0, 0.05) is 25.0 Å². The molecule has 1 amide bonds. The lowest BCUT2D eigenvalue weighted by atomic mass is 9.65. The lowest BCUT2D eigenvalue weighted by molar-refractivity contribution is -0.137. The average molecular weight is 250 g/mol. The van der Waals surface area contributed by atoms with E-state index in [1.165, 1.54) is 25.7 Å². The number of nitrogens with two attached hydrogens (primary N) is 1. The van der Waals surface area contributed by atoms with Crippen molar-refractivity contribution in [1.29, 1.82) is 0 Å². The summed E-state index contributed by atoms with van der Waals surface area (Å²) >= 11 is 0. The summed E-state index contributed by atoms with van der Waals surface area (Å²) in [4.78, 5) is 14.7. The average Bonchev–Trinajstić information content (AvgIpc) is 2.74.